The van der Waals surface area contributed by atoms with Crippen molar-refractivity contribution in [3.63, 3.8) is 0 Å². The highest BCUT2D eigenvalue weighted by atomic mass is 19.1. The lowest BCUT2D eigenvalue weighted by Gasteiger charge is -2.11. The second-order valence-electron chi connectivity index (χ2n) is 5.73. The summed E-state index contributed by atoms with van der Waals surface area (Å²) in [6, 6.07) is 6.00. The molecule has 0 saturated heterocycles. The van der Waals surface area contributed by atoms with Crippen LogP contribution in [0.15, 0.2) is 30.5 Å². The van der Waals surface area contributed by atoms with E-state index in [4.69, 9.17) is 4.74 Å². The molecule has 25 heavy (non-hydrogen) atoms. The molecule has 3 aromatic rings. The number of nitrogens with zero attached hydrogens (tertiary/aromatic N) is 3. The Kier molecular flexibility index (Phi) is 4.35. The van der Waals surface area contributed by atoms with Gasteiger partial charge in [-0.3, -0.25) is 9.48 Å². The first kappa shape index (κ1) is 16.8. The number of anilines is 1. The van der Waals surface area contributed by atoms with Gasteiger partial charge in [-0.1, -0.05) is 6.07 Å². The molecule has 0 spiro atoms. The molecule has 0 atom stereocenters. The van der Waals surface area contributed by atoms with E-state index in [1.54, 1.807) is 17.8 Å². The smallest absolute Gasteiger partial charge is 0.278 e. The summed E-state index contributed by atoms with van der Waals surface area (Å²) in [5.41, 5.74) is 0.225. The highest BCUT2D eigenvalue weighted by Crippen LogP contribution is 2.32. The standard InChI is InChI=1S/C17H16F2N4O2/c1-9(2)25-13-6-4-5-12-14(13)16(22-23(12)3)21-17(24)15-11(19)7-10(18)8-20-15/h4-9H,1-3H3,(H,21,22,24). The molecule has 0 saturated carbocycles. The number of amides is 1. The molecule has 130 valence electrons. The fourth-order valence-corrected chi connectivity index (χ4v) is 2.47. The molecule has 0 bridgehead atoms. The van der Waals surface area contributed by atoms with Crippen molar-refractivity contribution in [1.29, 1.82) is 0 Å². The number of aromatic nitrogens is 3. The van der Waals surface area contributed by atoms with Crippen molar-refractivity contribution in [3.05, 3.63) is 47.8 Å². The van der Waals surface area contributed by atoms with E-state index < -0.39 is 23.2 Å². The number of hydrogen-bond donors (Lipinski definition) is 1. The number of halogens is 2. The van der Waals surface area contributed by atoms with Gasteiger partial charge < -0.3 is 10.1 Å². The van der Waals surface area contributed by atoms with Crippen LogP contribution in [0.2, 0.25) is 0 Å². The van der Waals surface area contributed by atoms with Crippen LogP contribution in [-0.4, -0.2) is 26.8 Å². The van der Waals surface area contributed by atoms with Crippen molar-refractivity contribution in [2.75, 3.05) is 5.32 Å². The molecule has 3 rings (SSSR count). The van der Waals surface area contributed by atoms with E-state index in [-0.39, 0.29) is 11.9 Å². The highest BCUT2D eigenvalue weighted by Gasteiger charge is 2.20. The molecule has 2 aromatic heterocycles. The lowest BCUT2D eigenvalue weighted by atomic mass is 10.2. The second kappa shape index (κ2) is 6.46. The first-order valence-corrected chi connectivity index (χ1v) is 7.61. The second-order valence-corrected chi connectivity index (χ2v) is 5.73. The Balaban J connectivity index is 2.02. The monoisotopic (exact) mass is 346 g/mol. The lowest BCUT2D eigenvalue weighted by molar-refractivity contribution is 0.101. The van der Waals surface area contributed by atoms with Crippen LogP contribution >= 0.6 is 0 Å². The Labute approximate surface area is 142 Å². The Morgan fingerprint density at radius 2 is 2.08 bits per heavy atom. The maximum atomic E-state index is 13.8. The van der Waals surface area contributed by atoms with Crippen molar-refractivity contribution in [2.24, 2.45) is 7.05 Å². The van der Waals surface area contributed by atoms with Gasteiger partial charge in [0, 0.05) is 13.1 Å². The maximum absolute atomic E-state index is 13.8. The quantitative estimate of drug-likeness (QED) is 0.787. The zero-order valence-corrected chi connectivity index (χ0v) is 13.9. The molecular formula is C17H16F2N4O2. The van der Waals surface area contributed by atoms with Gasteiger partial charge in [0.25, 0.3) is 5.91 Å². The van der Waals surface area contributed by atoms with Crippen LogP contribution in [0.25, 0.3) is 10.9 Å². The molecule has 0 aliphatic rings. The average molecular weight is 346 g/mol. The molecule has 6 nitrogen and oxygen atoms in total. The average Bonchev–Trinajstić information content (AvgIpc) is 2.84. The van der Waals surface area contributed by atoms with Crippen LogP contribution in [0.4, 0.5) is 14.6 Å². The van der Waals surface area contributed by atoms with Crippen LogP contribution in [-0.2, 0) is 7.05 Å². The molecule has 0 aliphatic carbocycles. The number of aryl methyl sites for hydroxylation is 1. The Morgan fingerprint density at radius 3 is 2.76 bits per heavy atom. The predicted molar refractivity (Wildman–Crippen MR) is 88.6 cm³/mol. The van der Waals surface area contributed by atoms with Crippen LogP contribution in [0.3, 0.4) is 0 Å². The van der Waals surface area contributed by atoms with Crippen LogP contribution < -0.4 is 10.1 Å². The van der Waals surface area contributed by atoms with Gasteiger partial charge in [0.15, 0.2) is 17.3 Å². The topological polar surface area (TPSA) is 69.0 Å². The van der Waals surface area contributed by atoms with Gasteiger partial charge in [-0.15, -0.1) is 0 Å². The first-order chi connectivity index (χ1) is 11.9. The number of pyridine rings is 1. The normalized spacial score (nSPS) is 11.1. The molecule has 0 fully saturated rings. The fraction of sp³-hybridized carbons (Fsp3) is 0.235. The molecule has 2 heterocycles. The van der Waals surface area contributed by atoms with Crippen LogP contribution in [0.5, 0.6) is 5.75 Å². The Bertz CT molecular complexity index is 953. The predicted octanol–water partition coefficient (Wildman–Crippen LogP) is 3.29. The molecule has 1 N–H and O–H groups in total. The summed E-state index contributed by atoms with van der Waals surface area (Å²) in [6.07, 6.45) is 0.701. The molecule has 1 amide bonds. The number of hydrogen-bond acceptors (Lipinski definition) is 4. The van der Waals surface area contributed by atoms with E-state index in [1.807, 2.05) is 26.0 Å². The summed E-state index contributed by atoms with van der Waals surface area (Å²) in [7, 11) is 1.72. The summed E-state index contributed by atoms with van der Waals surface area (Å²) in [6.45, 7) is 3.76. The summed E-state index contributed by atoms with van der Waals surface area (Å²) >= 11 is 0. The molecule has 0 aliphatic heterocycles. The number of nitrogens with one attached hydrogen (secondary N) is 1. The van der Waals surface area contributed by atoms with Gasteiger partial charge in [0.1, 0.15) is 11.6 Å². The van der Waals surface area contributed by atoms with Crippen molar-refractivity contribution in [1.82, 2.24) is 14.8 Å². The SMILES string of the molecule is CC(C)Oc1cccc2c1c(NC(=O)c1ncc(F)cc1F)nn2C. The minimum absolute atomic E-state index is 0.0782. The largest absolute Gasteiger partial charge is 0.490 e. The minimum Gasteiger partial charge on any atom is -0.490 e. The van der Waals surface area contributed by atoms with E-state index in [0.717, 1.165) is 11.7 Å². The van der Waals surface area contributed by atoms with Crippen molar-refractivity contribution >= 4 is 22.6 Å². The van der Waals surface area contributed by atoms with Crippen molar-refractivity contribution in [2.45, 2.75) is 20.0 Å². The summed E-state index contributed by atoms with van der Waals surface area (Å²) < 4.78 is 34.1. The third-order valence-electron chi connectivity index (χ3n) is 3.46. The lowest BCUT2D eigenvalue weighted by Crippen LogP contribution is -2.16. The van der Waals surface area contributed by atoms with E-state index in [2.05, 4.69) is 15.4 Å². The van der Waals surface area contributed by atoms with Gasteiger partial charge in [-0.2, -0.15) is 5.10 Å². The summed E-state index contributed by atoms with van der Waals surface area (Å²) in [5.74, 6) is -1.97. The van der Waals surface area contributed by atoms with Crippen molar-refractivity contribution in [3.8, 4) is 5.75 Å². The number of rotatable bonds is 4. The van der Waals surface area contributed by atoms with E-state index in [0.29, 0.717) is 17.2 Å². The number of carbonyl (C=O) groups is 1. The zero-order valence-electron chi connectivity index (χ0n) is 13.9. The van der Waals surface area contributed by atoms with Gasteiger partial charge in [0.2, 0.25) is 0 Å². The Hall–Kier alpha value is -3.03. The number of benzene rings is 1. The number of ether oxygens (including phenoxy) is 1. The van der Waals surface area contributed by atoms with Crippen LogP contribution in [0, 0.1) is 11.6 Å². The molecule has 0 unspecified atom stereocenters. The third kappa shape index (κ3) is 3.28. The van der Waals surface area contributed by atoms with Gasteiger partial charge in [-0.25, -0.2) is 13.8 Å². The zero-order chi connectivity index (χ0) is 18.1. The number of carbonyl (C=O) groups excluding carboxylic acids is 1. The van der Waals surface area contributed by atoms with Gasteiger partial charge in [0.05, 0.1) is 23.2 Å². The van der Waals surface area contributed by atoms with E-state index in [9.17, 15) is 13.6 Å². The molecule has 0 radical (unpaired) electrons. The highest BCUT2D eigenvalue weighted by molar-refractivity contribution is 6.08. The van der Waals surface area contributed by atoms with Gasteiger partial charge in [-0.05, 0) is 26.0 Å². The minimum atomic E-state index is -1.05. The van der Waals surface area contributed by atoms with Crippen molar-refractivity contribution < 1.29 is 18.3 Å². The third-order valence-corrected chi connectivity index (χ3v) is 3.46. The Morgan fingerprint density at radius 1 is 1.32 bits per heavy atom. The number of fused-ring (bicyclic) bond motifs is 1. The summed E-state index contributed by atoms with van der Waals surface area (Å²) in [5, 5.41) is 7.36. The first-order valence-electron chi connectivity index (χ1n) is 7.61. The maximum Gasteiger partial charge on any atom is 0.278 e. The van der Waals surface area contributed by atoms with Gasteiger partial charge >= 0.3 is 0 Å². The molecule has 8 heteroatoms. The fourth-order valence-electron chi connectivity index (χ4n) is 2.47. The molecule has 1 aromatic carbocycles. The summed E-state index contributed by atoms with van der Waals surface area (Å²) in [4.78, 5) is 15.8. The van der Waals surface area contributed by atoms with Crippen LogP contribution in [0.1, 0.15) is 24.3 Å². The molecular weight excluding hydrogens is 330 g/mol. The van der Waals surface area contributed by atoms with E-state index >= 15 is 0 Å². The van der Waals surface area contributed by atoms with E-state index in [1.165, 1.54) is 0 Å².